The van der Waals surface area contributed by atoms with E-state index in [0.29, 0.717) is 6.42 Å². The van der Waals surface area contributed by atoms with E-state index in [-0.39, 0.29) is 25.4 Å². The Morgan fingerprint density at radius 2 is 0.873 bits per heavy atom. The Bertz CT molecular complexity index is 994. The van der Waals surface area contributed by atoms with Crippen LogP contribution in [0.1, 0.15) is 219 Å². The highest BCUT2D eigenvalue weighted by atomic mass is 31.2. The first kappa shape index (κ1) is 53.3. The van der Waals surface area contributed by atoms with Crippen LogP contribution in [-0.4, -0.2) is 43.3 Å². The zero-order valence-corrected chi connectivity index (χ0v) is 36.7. The van der Waals surface area contributed by atoms with Gasteiger partial charge in [0.1, 0.15) is 6.61 Å². The molecule has 2 unspecified atom stereocenters. The van der Waals surface area contributed by atoms with Gasteiger partial charge in [0.15, 0.2) is 6.10 Å². The van der Waals surface area contributed by atoms with Crippen LogP contribution in [0, 0.1) is 0 Å². The van der Waals surface area contributed by atoms with Gasteiger partial charge >= 0.3 is 19.8 Å². The maximum absolute atomic E-state index is 12.5. The number of carbonyl (C=O) groups is 2. The molecule has 55 heavy (non-hydrogen) atoms. The molecule has 0 saturated carbocycles. The summed E-state index contributed by atoms with van der Waals surface area (Å²) in [5, 5.41) is 0. The minimum Gasteiger partial charge on any atom is -0.462 e. The first-order chi connectivity index (χ1) is 26.8. The number of carbonyl (C=O) groups excluding carboxylic acids is 2. The fourth-order valence-electron chi connectivity index (χ4n) is 6.33. The molecule has 0 spiro atoms. The molecule has 0 bridgehead atoms. The van der Waals surface area contributed by atoms with Crippen molar-refractivity contribution >= 4 is 19.8 Å². The van der Waals surface area contributed by atoms with Crippen LogP contribution in [0.5, 0.6) is 0 Å². The number of hydrogen-bond donors (Lipinski definition) is 1. The Kier molecular flexibility index (Phi) is 40.6. The SMILES string of the molecule is CCCCCC/C=C\C/C=C\CCCCCCCCCC(=O)OC(COC(=O)CCCCCCCCC/C=C\CCCCCCCCC)COP(=O)(O)OC. The second-order valence-corrected chi connectivity index (χ2v) is 16.7. The molecule has 9 heteroatoms. The van der Waals surface area contributed by atoms with Gasteiger partial charge in [0, 0.05) is 20.0 Å². The highest BCUT2D eigenvalue weighted by Gasteiger charge is 2.24. The maximum atomic E-state index is 12.5. The number of phosphoric acid groups is 1. The van der Waals surface area contributed by atoms with Crippen LogP contribution >= 0.6 is 7.82 Å². The molecule has 0 aliphatic carbocycles. The van der Waals surface area contributed by atoms with Crippen molar-refractivity contribution in [1.82, 2.24) is 0 Å². The van der Waals surface area contributed by atoms with Crippen molar-refractivity contribution in [3.05, 3.63) is 36.5 Å². The normalized spacial score (nSPS) is 13.6. The van der Waals surface area contributed by atoms with E-state index in [1.54, 1.807) is 0 Å². The van der Waals surface area contributed by atoms with Gasteiger partial charge in [-0.3, -0.25) is 18.6 Å². The van der Waals surface area contributed by atoms with Crippen molar-refractivity contribution < 1.29 is 37.6 Å². The van der Waals surface area contributed by atoms with E-state index in [9.17, 15) is 19.0 Å². The van der Waals surface area contributed by atoms with Gasteiger partial charge in [-0.25, -0.2) is 4.57 Å². The average molecular weight is 797 g/mol. The summed E-state index contributed by atoms with van der Waals surface area (Å²) in [5.74, 6) is -0.813. The number of rotatable bonds is 42. The first-order valence-electron chi connectivity index (χ1n) is 22.7. The second-order valence-electron chi connectivity index (χ2n) is 15.2. The summed E-state index contributed by atoms with van der Waals surface area (Å²) in [6, 6.07) is 0. The molecule has 0 aromatic heterocycles. The van der Waals surface area contributed by atoms with E-state index in [1.807, 2.05) is 0 Å². The standard InChI is InChI=1S/C46H85O8P/c1-4-6-8-10-12-14-16-18-20-22-24-26-28-30-32-34-36-38-40-45(47)52-42-44(43-53-55(49,50)51-3)54-46(48)41-39-37-35-33-31-29-27-25-23-21-19-17-15-13-11-9-7-5-2/h15,17,20-23,44H,4-14,16,18-19,24-43H2,1-3H3,(H,49,50)/b17-15-,22-20-,23-21-. The minimum absolute atomic E-state index is 0.229. The third-order valence-electron chi connectivity index (χ3n) is 9.86. The summed E-state index contributed by atoms with van der Waals surface area (Å²) in [4.78, 5) is 34.5. The lowest BCUT2D eigenvalue weighted by atomic mass is 10.1. The molecule has 0 aliphatic heterocycles. The van der Waals surface area contributed by atoms with Crippen LogP contribution in [-0.2, 0) is 32.7 Å². The molecule has 322 valence electrons. The summed E-state index contributed by atoms with van der Waals surface area (Å²) in [7, 11) is -3.20. The van der Waals surface area contributed by atoms with Crippen LogP contribution in [0.15, 0.2) is 36.5 Å². The Morgan fingerprint density at radius 3 is 1.31 bits per heavy atom. The quantitative estimate of drug-likeness (QED) is 0.0281. The van der Waals surface area contributed by atoms with Crippen molar-refractivity contribution in [2.24, 2.45) is 0 Å². The minimum atomic E-state index is -4.27. The fraction of sp³-hybridized carbons (Fsp3) is 0.826. The highest BCUT2D eigenvalue weighted by Crippen LogP contribution is 2.42. The molecule has 0 rings (SSSR count). The van der Waals surface area contributed by atoms with Crippen LogP contribution in [0.2, 0.25) is 0 Å². The van der Waals surface area contributed by atoms with Gasteiger partial charge in [-0.2, -0.15) is 0 Å². The van der Waals surface area contributed by atoms with E-state index in [0.717, 1.165) is 58.5 Å². The number of hydrogen-bond acceptors (Lipinski definition) is 7. The molecule has 0 heterocycles. The topological polar surface area (TPSA) is 108 Å². The molecular formula is C46H85O8P. The molecule has 0 aliphatic rings. The lowest BCUT2D eigenvalue weighted by Gasteiger charge is -2.19. The number of phosphoric ester groups is 1. The molecule has 0 aromatic rings. The largest absolute Gasteiger partial charge is 0.472 e. The molecule has 8 nitrogen and oxygen atoms in total. The van der Waals surface area contributed by atoms with E-state index >= 15 is 0 Å². The van der Waals surface area contributed by atoms with E-state index in [1.165, 1.54) is 135 Å². The monoisotopic (exact) mass is 797 g/mol. The van der Waals surface area contributed by atoms with Crippen molar-refractivity contribution in [3.63, 3.8) is 0 Å². The van der Waals surface area contributed by atoms with Gasteiger partial charge < -0.3 is 14.4 Å². The summed E-state index contributed by atoms with van der Waals surface area (Å²) in [6.45, 7) is 3.88. The summed E-state index contributed by atoms with van der Waals surface area (Å²) in [6.07, 6.45) is 49.1. The Labute approximate surface area is 338 Å². The molecule has 0 saturated heterocycles. The lowest BCUT2D eigenvalue weighted by Crippen LogP contribution is -2.29. The van der Waals surface area contributed by atoms with E-state index in [2.05, 4.69) is 54.8 Å². The predicted molar refractivity (Wildman–Crippen MR) is 230 cm³/mol. The molecule has 2 atom stereocenters. The lowest BCUT2D eigenvalue weighted by molar-refractivity contribution is -0.161. The molecular weight excluding hydrogens is 711 g/mol. The number of ether oxygens (including phenoxy) is 2. The Balaban J connectivity index is 3.98. The number of allylic oxidation sites excluding steroid dienone is 6. The molecule has 0 amide bonds. The maximum Gasteiger partial charge on any atom is 0.472 e. The van der Waals surface area contributed by atoms with Crippen molar-refractivity contribution in [3.8, 4) is 0 Å². The van der Waals surface area contributed by atoms with Crippen molar-refractivity contribution in [2.45, 2.75) is 225 Å². The molecule has 0 aromatic carbocycles. The smallest absolute Gasteiger partial charge is 0.462 e. The predicted octanol–water partition coefficient (Wildman–Crippen LogP) is 14.4. The second kappa shape index (κ2) is 41.9. The number of esters is 2. The van der Waals surface area contributed by atoms with Crippen molar-refractivity contribution in [2.75, 3.05) is 20.3 Å². The zero-order chi connectivity index (χ0) is 40.3. The zero-order valence-electron chi connectivity index (χ0n) is 35.8. The highest BCUT2D eigenvalue weighted by molar-refractivity contribution is 7.47. The fourth-order valence-corrected chi connectivity index (χ4v) is 6.79. The molecule has 0 radical (unpaired) electrons. The van der Waals surface area contributed by atoms with Crippen LogP contribution < -0.4 is 0 Å². The van der Waals surface area contributed by atoms with Gasteiger partial charge in [0.25, 0.3) is 0 Å². The Hall–Kier alpha value is -1.73. The van der Waals surface area contributed by atoms with Gasteiger partial charge in [0.05, 0.1) is 6.61 Å². The third kappa shape index (κ3) is 41.7. The van der Waals surface area contributed by atoms with Crippen LogP contribution in [0.3, 0.4) is 0 Å². The van der Waals surface area contributed by atoms with Gasteiger partial charge in [-0.15, -0.1) is 0 Å². The molecule has 0 fully saturated rings. The Morgan fingerprint density at radius 1 is 0.509 bits per heavy atom. The van der Waals surface area contributed by atoms with Crippen LogP contribution in [0.4, 0.5) is 0 Å². The summed E-state index contributed by atoms with van der Waals surface area (Å²) < 4.78 is 32.0. The van der Waals surface area contributed by atoms with Gasteiger partial charge in [-0.1, -0.05) is 172 Å². The average Bonchev–Trinajstić information content (AvgIpc) is 3.18. The van der Waals surface area contributed by atoms with Gasteiger partial charge in [0.2, 0.25) is 0 Å². The van der Waals surface area contributed by atoms with E-state index in [4.69, 9.17) is 14.0 Å². The first-order valence-corrected chi connectivity index (χ1v) is 24.2. The molecule has 1 N–H and O–H groups in total. The van der Waals surface area contributed by atoms with E-state index < -0.39 is 26.5 Å². The van der Waals surface area contributed by atoms with Gasteiger partial charge in [-0.05, 0) is 70.6 Å². The number of unbranched alkanes of at least 4 members (excludes halogenated alkanes) is 25. The van der Waals surface area contributed by atoms with Crippen LogP contribution in [0.25, 0.3) is 0 Å². The summed E-state index contributed by atoms with van der Waals surface area (Å²) >= 11 is 0. The summed E-state index contributed by atoms with van der Waals surface area (Å²) in [5.41, 5.74) is 0. The van der Waals surface area contributed by atoms with Crippen molar-refractivity contribution in [1.29, 1.82) is 0 Å². The third-order valence-corrected chi connectivity index (χ3v) is 10.8.